The zero-order valence-electron chi connectivity index (χ0n) is 20.4. The molecule has 8 nitrogen and oxygen atoms in total. The van der Waals surface area contributed by atoms with Gasteiger partial charge in [0.1, 0.15) is 6.04 Å². The number of hydrogen-bond donors (Lipinski definition) is 3. The van der Waals surface area contributed by atoms with Crippen molar-refractivity contribution in [1.82, 2.24) is 10.6 Å². The minimum absolute atomic E-state index is 0.0149. The molecule has 0 aliphatic heterocycles. The molecule has 0 aliphatic rings. The van der Waals surface area contributed by atoms with Gasteiger partial charge in [-0.2, -0.15) is 0 Å². The van der Waals surface area contributed by atoms with E-state index >= 15 is 0 Å². The summed E-state index contributed by atoms with van der Waals surface area (Å²) < 4.78 is 0. The highest BCUT2D eigenvalue weighted by molar-refractivity contribution is 8.15. The fourth-order valence-electron chi connectivity index (χ4n) is 3.12. The molecule has 0 fully saturated rings. The Morgan fingerprint density at radius 3 is 1.95 bits per heavy atom. The molecule has 0 aliphatic carbocycles. The van der Waals surface area contributed by atoms with E-state index in [2.05, 4.69) is 16.0 Å². The van der Waals surface area contributed by atoms with Crippen molar-refractivity contribution < 1.29 is 24.0 Å². The summed E-state index contributed by atoms with van der Waals surface area (Å²) in [5.74, 6) is -1.07. The zero-order chi connectivity index (χ0) is 27.5. The largest absolute Gasteiger partial charge is 0.353 e. The number of anilines is 2. The average molecular weight is 585 g/mol. The molecule has 0 saturated heterocycles. The SMILES string of the molecule is CC(=O)NC(CSC(=O)C(CSC(=O)Cc1ccccc1Nc1c(Cl)cccc1Cl)NC(C)=O)C(C)=O. The van der Waals surface area contributed by atoms with Gasteiger partial charge in [-0.3, -0.25) is 24.0 Å². The van der Waals surface area contributed by atoms with Crippen LogP contribution < -0.4 is 16.0 Å². The fraction of sp³-hybridized carbons (Fsp3) is 0.320. The topological polar surface area (TPSA) is 121 Å². The van der Waals surface area contributed by atoms with Gasteiger partial charge in [-0.1, -0.05) is 71.0 Å². The van der Waals surface area contributed by atoms with Crippen LogP contribution in [-0.2, 0) is 30.4 Å². The third-order valence-electron chi connectivity index (χ3n) is 4.91. The Balaban J connectivity index is 2.03. The second kappa shape index (κ2) is 15.0. The highest BCUT2D eigenvalue weighted by atomic mass is 35.5. The number of para-hydroxylation sites is 2. The number of Topliss-reactive ketones (excluding diaryl/α,β-unsaturated/α-hetero) is 1. The molecule has 2 amide bonds. The van der Waals surface area contributed by atoms with Crippen LogP contribution in [-0.4, -0.2) is 51.4 Å². The molecule has 0 spiro atoms. The van der Waals surface area contributed by atoms with Crippen molar-refractivity contribution in [2.75, 3.05) is 16.8 Å². The van der Waals surface area contributed by atoms with Crippen molar-refractivity contribution in [2.45, 2.75) is 39.3 Å². The van der Waals surface area contributed by atoms with Crippen LogP contribution in [0.5, 0.6) is 0 Å². The average Bonchev–Trinajstić information content (AvgIpc) is 2.82. The van der Waals surface area contributed by atoms with Crippen LogP contribution in [0.3, 0.4) is 0 Å². The summed E-state index contributed by atoms with van der Waals surface area (Å²) in [5, 5.41) is 8.46. The third kappa shape index (κ3) is 10.4. The van der Waals surface area contributed by atoms with Gasteiger partial charge in [0.2, 0.25) is 16.9 Å². The predicted molar refractivity (Wildman–Crippen MR) is 151 cm³/mol. The molecule has 2 unspecified atom stereocenters. The highest BCUT2D eigenvalue weighted by Crippen LogP contribution is 2.34. The molecular weight excluding hydrogens is 557 g/mol. The molecule has 0 bridgehead atoms. The molecular formula is C25H27Cl2N3O5S2. The summed E-state index contributed by atoms with van der Waals surface area (Å²) in [5.41, 5.74) is 1.88. The predicted octanol–water partition coefficient (Wildman–Crippen LogP) is 4.40. The van der Waals surface area contributed by atoms with Gasteiger partial charge in [0, 0.05) is 37.5 Å². The van der Waals surface area contributed by atoms with E-state index in [9.17, 15) is 24.0 Å². The van der Waals surface area contributed by atoms with Crippen molar-refractivity contribution in [1.29, 1.82) is 0 Å². The van der Waals surface area contributed by atoms with Crippen LogP contribution in [0.2, 0.25) is 10.0 Å². The van der Waals surface area contributed by atoms with Crippen LogP contribution in [0.15, 0.2) is 42.5 Å². The van der Waals surface area contributed by atoms with Crippen molar-refractivity contribution in [3.8, 4) is 0 Å². The lowest BCUT2D eigenvalue weighted by molar-refractivity contribution is -0.125. The number of nitrogens with one attached hydrogen (secondary N) is 3. The molecule has 2 atom stereocenters. The summed E-state index contributed by atoms with van der Waals surface area (Å²) in [4.78, 5) is 60.2. The van der Waals surface area contributed by atoms with E-state index in [0.29, 0.717) is 27.0 Å². The molecule has 198 valence electrons. The Bertz CT molecular complexity index is 1160. The van der Waals surface area contributed by atoms with Crippen LogP contribution in [0.25, 0.3) is 0 Å². The fourth-order valence-corrected chi connectivity index (χ4v) is 5.55. The second-order valence-corrected chi connectivity index (χ2v) is 10.9. The van der Waals surface area contributed by atoms with Crippen molar-refractivity contribution >= 4 is 85.9 Å². The Morgan fingerprint density at radius 1 is 0.784 bits per heavy atom. The van der Waals surface area contributed by atoms with E-state index in [1.165, 1.54) is 20.8 Å². The lowest BCUT2D eigenvalue weighted by Crippen LogP contribution is -2.43. The molecule has 0 heterocycles. The number of carbonyl (C=O) groups is 5. The molecule has 2 aromatic carbocycles. The summed E-state index contributed by atoms with van der Waals surface area (Å²) in [7, 11) is 0. The number of hydrogen-bond acceptors (Lipinski definition) is 8. The maximum atomic E-state index is 12.8. The number of amides is 2. The number of thioether (sulfide) groups is 2. The van der Waals surface area contributed by atoms with Gasteiger partial charge in [-0.05, 0) is 30.7 Å². The minimum atomic E-state index is -0.948. The van der Waals surface area contributed by atoms with Crippen LogP contribution in [0.4, 0.5) is 11.4 Å². The zero-order valence-corrected chi connectivity index (χ0v) is 23.6. The minimum Gasteiger partial charge on any atom is -0.353 e. The van der Waals surface area contributed by atoms with E-state index in [-0.39, 0.29) is 34.7 Å². The summed E-state index contributed by atoms with van der Waals surface area (Å²) in [6, 6.07) is 10.6. The molecule has 0 radical (unpaired) electrons. The third-order valence-corrected chi connectivity index (χ3v) is 7.57. The van der Waals surface area contributed by atoms with E-state index < -0.39 is 23.1 Å². The van der Waals surface area contributed by atoms with Gasteiger partial charge in [0.25, 0.3) is 0 Å². The number of rotatable bonds is 12. The van der Waals surface area contributed by atoms with Gasteiger partial charge in [-0.15, -0.1) is 0 Å². The number of ketones is 1. The molecule has 2 rings (SSSR count). The quantitative estimate of drug-likeness (QED) is 0.336. The standard InChI is InChI=1S/C25H27Cl2N3O5S2/c1-14(31)21(28-15(2)32)12-37-25(35)22(29-16(3)33)13-36-23(34)11-17-7-4-5-10-20(17)30-24-18(26)8-6-9-19(24)27/h4-10,21-22,30H,11-13H2,1-3H3,(H,28,32)(H,29,33). The first-order chi connectivity index (χ1) is 17.5. The molecule has 12 heteroatoms. The Morgan fingerprint density at radius 2 is 1.35 bits per heavy atom. The van der Waals surface area contributed by atoms with Gasteiger partial charge in [0.05, 0.1) is 21.8 Å². The smallest absolute Gasteiger partial charge is 0.217 e. The number of benzene rings is 2. The summed E-state index contributed by atoms with van der Waals surface area (Å²) in [6.45, 7) is 3.87. The maximum Gasteiger partial charge on any atom is 0.217 e. The van der Waals surface area contributed by atoms with E-state index in [0.717, 1.165) is 23.5 Å². The Hall–Kier alpha value is -2.53. The first-order valence-electron chi connectivity index (χ1n) is 11.1. The highest BCUT2D eigenvalue weighted by Gasteiger charge is 2.25. The Kier molecular flexibility index (Phi) is 12.5. The summed E-state index contributed by atoms with van der Waals surface area (Å²) >= 11 is 14.2. The van der Waals surface area contributed by atoms with Crippen molar-refractivity contribution in [2.24, 2.45) is 0 Å². The molecule has 3 N–H and O–H groups in total. The second-order valence-electron chi connectivity index (χ2n) is 7.99. The van der Waals surface area contributed by atoms with Gasteiger partial charge in [-0.25, -0.2) is 0 Å². The van der Waals surface area contributed by atoms with Crippen LogP contribution >= 0.6 is 46.7 Å². The van der Waals surface area contributed by atoms with Gasteiger partial charge >= 0.3 is 0 Å². The first-order valence-corrected chi connectivity index (χ1v) is 13.9. The van der Waals surface area contributed by atoms with Crippen LogP contribution in [0.1, 0.15) is 26.3 Å². The van der Waals surface area contributed by atoms with Crippen molar-refractivity contribution in [3.63, 3.8) is 0 Å². The summed E-state index contributed by atoms with van der Waals surface area (Å²) in [6.07, 6.45) is 0.0545. The van der Waals surface area contributed by atoms with E-state index in [4.69, 9.17) is 23.2 Å². The monoisotopic (exact) mass is 583 g/mol. The first kappa shape index (κ1) is 30.7. The number of carbonyl (C=O) groups excluding carboxylic acids is 5. The maximum absolute atomic E-state index is 12.8. The van der Waals surface area contributed by atoms with Crippen LogP contribution in [0, 0.1) is 0 Å². The van der Waals surface area contributed by atoms with Gasteiger partial charge < -0.3 is 16.0 Å². The lowest BCUT2D eigenvalue weighted by Gasteiger charge is -2.18. The lowest BCUT2D eigenvalue weighted by atomic mass is 10.1. The molecule has 0 saturated carbocycles. The molecule has 37 heavy (non-hydrogen) atoms. The number of halogens is 2. The molecule has 2 aromatic rings. The normalized spacial score (nSPS) is 12.2. The van der Waals surface area contributed by atoms with E-state index in [1.807, 2.05) is 6.07 Å². The Labute approximate surface area is 234 Å². The van der Waals surface area contributed by atoms with Crippen molar-refractivity contribution in [3.05, 3.63) is 58.1 Å². The molecule has 0 aromatic heterocycles. The van der Waals surface area contributed by atoms with Gasteiger partial charge in [0.15, 0.2) is 10.9 Å². The van der Waals surface area contributed by atoms with E-state index in [1.54, 1.807) is 36.4 Å².